The molecule has 37 heavy (non-hydrogen) atoms. The van der Waals surface area contributed by atoms with Gasteiger partial charge < -0.3 is 14.6 Å². The normalized spacial score (nSPS) is 17.0. The van der Waals surface area contributed by atoms with Gasteiger partial charge in [0, 0.05) is 11.1 Å². The molecule has 1 fully saturated rings. The number of nitrogens with zero attached hydrogens (tertiary/aromatic N) is 2. The highest BCUT2D eigenvalue weighted by Crippen LogP contribution is 2.47. The number of Topliss-reactive ketones (excluding diaryl/α,β-unsaturated/α-hetero) is 1. The number of benzene rings is 3. The predicted octanol–water partition coefficient (Wildman–Crippen LogP) is 5.64. The van der Waals surface area contributed by atoms with Gasteiger partial charge >= 0.3 is 5.91 Å². The quantitative estimate of drug-likeness (QED) is 0.202. The van der Waals surface area contributed by atoms with Crippen LogP contribution in [0.1, 0.15) is 29.7 Å². The van der Waals surface area contributed by atoms with Crippen LogP contribution in [0.3, 0.4) is 0 Å². The van der Waals surface area contributed by atoms with E-state index in [9.17, 15) is 19.1 Å². The van der Waals surface area contributed by atoms with Crippen LogP contribution in [-0.2, 0) is 16.0 Å². The molecule has 188 valence electrons. The molecule has 0 radical (unpaired) electrons. The zero-order valence-electron chi connectivity index (χ0n) is 20.3. The second-order valence-electron chi connectivity index (χ2n) is 8.44. The minimum absolute atomic E-state index is 0.156. The number of thiazole rings is 1. The molecular weight excluding hydrogens is 495 g/mol. The third-order valence-electron chi connectivity index (χ3n) is 6.35. The average Bonchev–Trinajstić information content (AvgIpc) is 3.45. The van der Waals surface area contributed by atoms with E-state index in [1.165, 1.54) is 54.7 Å². The molecule has 1 unspecified atom stereocenters. The summed E-state index contributed by atoms with van der Waals surface area (Å²) in [5.41, 5.74) is 2.28. The second kappa shape index (κ2) is 9.67. The molecule has 2 heterocycles. The van der Waals surface area contributed by atoms with E-state index < -0.39 is 29.3 Å². The predicted molar refractivity (Wildman–Crippen MR) is 140 cm³/mol. The first-order valence-electron chi connectivity index (χ1n) is 11.5. The number of hydrogen-bond acceptors (Lipinski definition) is 7. The van der Waals surface area contributed by atoms with Gasteiger partial charge in [0.05, 0.1) is 30.0 Å². The summed E-state index contributed by atoms with van der Waals surface area (Å²) in [6, 6.07) is 14.8. The number of halogens is 1. The lowest BCUT2D eigenvalue weighted by Crippen LogP contribution is -2.29. The third-order valence-corrected chi connectivity index (χ3v) is 7.37. The summed E-state index contributed by atoms with van der Waals surface area (Å²) in [5.74, 6) is -1.79. The first kappa shape index (κ1) is 24.5. The lowest BCUT2D eigenvalue weighted by atomic mass is 9.94. The Morgan fingerprint density at radius 3 is 2.49 bits per heavy atom. The molecule has 3 aromatic carbocycles. The monoisotopic (exact) mass is 518 g/mol. The summed E-state index contributed by atoms with van der Waals surface area (Å²) >= 11 is 1.28. The summed E-state index contributed by atoms with van der Waals surface area (Å²) in [6.45, 7) is 2.05. The van der Waals surface area contributed by atoms with Crippen LogP contribution in [0, 0.1) is 5.82 Å². The van der Waals surface area contributed by atoms with Crippen LogP contribution in [0.4, 0.5) is 9.52 Å². The fraction of sp³-hybridized carbons (Fsp3) is 0.179. The molecule has 0 spiro atoms. The highest BCUT2D eigenvalue weighted by molar-refractivity contribution is 7.22. The van der Waals surface area contributed by atoms with E-state index in [1.807, 2.05) is 25.1 Å². The number of ether oxygens (including phenoxy) is 2. The maximum absolute atomic E-state index is 13.6. The van der Waals surface area contributed by atoms with E-state index in [2.05, 4.69) is 4.98 Å². The molecule has 0 saturated carbocycles. The summed E-state index contributed by atoms with van der Waals surface area (Å²) < 4.78 is 25.4. The third kappa shape index (κ3) is 4.21. The Hall–Kier alpha value is -4.24. The van der Waals surface area contributed by atoms with Crippen LogP contribution in [0.2, 0.25) is 0 Å². The summed E-state index contributed by atoms with van der Waals surface area (Å²) in [4.78, 5) is 32.9. The Bertz CT molecular complexity index is 1560. The van der Waals surface area contributed by atoms with Gasteiger partial charge in [0.15, 0.2) is 5.13 Å². The maximum Gasteiger partial charge on any atom is 0.301 e. The van der Waals surface area contributed by atoms with Crippen molar-refractivity contribution >= 4 is 44.1 Å². The number of anilines is 1. The van der Waals surface area contributed by atoms with Crippen molar-refractivity contribution in [3.63, 3.8) is 0 Å². The topological polar surface area (TPSA) is 89.0 Å². The molecule has 1 amide bonds. The number of methoxy groups -OCH3 is 2. The van der Waals surface area contributed by atoms with Crippen LogP contribution < -0.4 is 14.4 Å². The van der Waals surface area contributed by atoms with Crippen LogP contribution in [-0.4, -0.2) is 36.0 Å². The number of aliphatic hydroxyl groups is 1. The van der Waals surface area contributed by atoms with E-state index in [0.29, 0.717) is 27.7 Å². The smallest absolute Gasteiger partial charge is 0.301 e. The summed E-state index contributed by atoms with van der Waals surface area (Å²) in [6.07, 6.45) is 0.840. The number of carbonyl (C=O) groups excluding carboxylic acids is 2. The Morgan fingerprint density at radius 2 is 1.81 bits per heavy atom. The van der Waals surface area contributed by atoms with Crippen LogP contribution >= 0.6 is 11.3 Å². The van der Waals surface area contributed by atoms with Gasteiger partial charge in [-0.2, -0.15) is 0 Å². The maximum atomic E-state index is 13.6. The van der Waals surface area contributed by atoms with Crippen molar-refractivity contribution in [1.82, 2.24) is 4.98 Å². The van der Waals surface area contributed by atoms with Crippen molar-refractivity contribution in [3.8, 4) is 11.5 Å². The molecule has 9 heteroatoms. The van der Waals surface area contributed by atoms with Gasteiger partial charge in [-0.1, -0.05) is 24.3 Å². The molecule has 1 aromatic heterocycles. The summed E-state index contributed by atoms with van der Waals surface area (Å²) in [7, 11) is 2.97. The molecule has 1 N–H and O–H groups in total. The number of rotatable bonds is 6. The highest BCUT2D eigenvalue weighted by Gasteiger charge is 2.49. The van der Waals surface area contributed by atoms with Crippen molar-refractivity contribution in [2.75, 3.05) is 19.1 Å². The van der Waals surface area contributed by atoms with Crippen molar-refractivity contribution in [2.24, 2.45) is 0 Å². The number of aryl methyl sites for hydroxylation is 1. The number of carbonyl (C=O) groups is 2. The van der Waals surface area contributed by atoms with Gasteiger partial charge in [-0.15, -0.1) is 0 Å². The number of aromatic nitrogens is 1. The Balaban J connectivity index is 1.77. The SMILES string of the molecule is CCc1ccc2nc(N3C(=O)C(=O)C(=C(O)c4ccc(F)cc4)C3c3cc(OC)ccc3OC)sc2c1. The molecule has 7 nitrogen and oxygen atoms in total. The fourth-order valence-corrected chi connectivity index (χ4v) is 5.48. The van der Waals surface area contributed by atoms with Crippen molar-refractivity contribution in [2.45, 2.75) is 19.4 Å². The number of fused-ring (bicyclic) bond motifs is 1. The Morgan fingerprint density at radius 1 is 1.05 bits per heavy atom. The fourth-order valence-electron chi connectivity index (χ4n) is 4.42. The van der Waals surface area contributed by atoms with E-state index in [4.69, 9.17) is 9.47 Å². The first-order valence-corrected chi connectivity index (χ1v) is 12.4. The molecule has 5 rings (SSSR count). The van der Waals surface area contributed by atoms with E-state index >= 15 is 0 Å². The minimum atomic E-state index is -1.07. The molecular formula is C28H23FN2O5S. The van der Waals surface area contributed by atoms with Gasteiger partial charge in [-0.3, -0.25) is 14.5 Å². The van der Waals surface area contributed by atoms with Crippen molar-refractivity contribution in [3.05, 3.63) is 88.7 Å². The number of hydrogen-bond donors (Lipinski definition) is 1. The highest BCUT2D eigenvalue weighted by atomic mass is 32.1. The molecule has 1 saturated heterocycles. The van der Waals surface area contributed by atoms with Gasteiger partial charge in [0.1, 0.15) is 29.1 Å². The lowest BCUT2D eigenvalue weighted by Gasteiger charge is -2.25. The molecule has 4 aromatic rings. The van der Waals surface area contributed by atoms with Crippen molar-refractivity contribution in [1.29, 1.82) is 0 Å². The van der Waals surface area contributed by atoms with E-state index in [1.54, 1.807) is 18.2 Å². The second-order valence-corrected chi connectivity index (χ2v) is 9.45. The number of aliphatic hydroxyl groups excluding tert-OH is 1. The van der Waals surface area contributed by atoms with Crippen molar-refractivity contribution < 1.29 is 28.6 Å². The molecule has 0 aliphatic carbocycles. The van der Waals surface area contributed by atoms with Gasteiger partial charge in [-0.05, 0) is 66.6 Å². The van der Waals surface area contributed by atoms with Crippen LogP contribution in [0.25, 0.3) is 16.0 Å². The Kier molecular flexibility index (Phi) is 6.39. The summed E-state index contributed by atoms with van der Waals surface area (Å²) in [5, 5.41) is 11.6. The zero-order valence-corrected chi connectivity index (χ0v) is 21.1. The van der Waals surface area contributed by atoms with E-state index in [0.717, 1.165) is 16.7 Å². The Labute approximate surface area is 216 Å². The largest absolute Gasteiger partial charge is 0.507 e. The van der Waals surface area contributed by atoms with Crippen LogP contribution in [0.15, 0.2) is 66.2 Å². The average molecular weight is 519 g/mol. The standard InChI is InChI=1S/C28H23FN2O5S/c1-4-15-5-11-20-22(13-15)37-28(30-20)31-24(19-14-18(35-2)10-12-21(19)36-3)23(26(33)27(31)34)25(32)16-6-8-17(29)9-7-16/h5-14,24,32H,4H2,1-3H3. The lowest BCUT2D eigenvalue weighted by molar-refractivity contribution is -0.132. The first-order chi connectivity index (χ1) is 17.9. The zero-order chi connectivity index (χ0) is 26.3. The molecule has 1 aliphatic heterocycles. The number of ketones is 1. The minimum Gasteiger partial charge on any atom is -0.507 e. The van der Waals surface area contributed by atoms with E-state index in [-0.39, 0.29) is 11.1 Å². The van der Waals surface area contributed by atoms with Crippen LogP contribution in [0.5, 0.6) is 11.5 Å². The molecule has 1 aliphatic rings. The molecule has 0 bridgehead atoms. The van der Waals surface area contributed by atoms with Gasteiger partial charge in [0.2, 0.25) is 0 Å². The molecule has 1 atom stereocenters. The van der Waals surface area contributed by atoms with Gasteiger partial charge in [0.25, 0.3) is 5.78 Å². The number of amides is 1. The van der Waals surface area contributed by atoms with Gasteiger partial charge in [-0.25, -0.2) is 9.37 Å².